The number of rotatable bonds is 3. The minimum Gasteiger partial charge on any atom is -0.337 e. The van der Waals surface area contributed by atoms with E-state index in [1.165, 1.54) is 37.8 Å². The van der Waals surface area contributed by atoms with Crippen molar-refractivity contribution in [2.24, 2.45) is 12.5 Å². The van der Waals surface area contributed by atoms with Crippen molar-refractivity contribution in [1.29, 1.82) is 0 Å². The van der Waals surface area contributed by atoms with Crippen molar-refractivity contribution >= 4 is 5.91 Å². The van der Waals surface area contributed by atoms with E-state index in [9.17, 15) is 4.79 Å². The lowest BCUT2D eigenvalue weighted by molar-refractivity contribution is -0.111. The molecule has 0 radical (unpaired) electrons. The molecule has 0 N–H and O–H groups in total. The number of carbonyl (C=O) groups excluding carboxylic acids is 1. The van der Waals surface area contributed by atoms with Crippen LogP contribution in [-0.2, 0) is 7.05 Å². The molecule has 2 aliphatic heterocycles. The van der Waals surface area contributed by atoms with E-state index in [0.29, 0.717) is 23.2 Å². The van der Waals surface area contributed by atoms with E-state index in [4.69, 9.17) is 0 Å². The van der Waals surface area contributed by atoms with Crippen LogP contribution in [0, 0.1) is 5.41 Å². The van der Waals surface area contributed by atoms with Gasteiger partial charge in [0.2, 0.25) is 0 Å². The largest absolute Gasteiger partial charge is 0.337 e. The van der Waals surface area contributed by atoms with Gasteiger partial charge < -0.3 is 4.90 Å². The van der Waals surface area contributed by atoms with Gasteiger partial charge in [-0.25, -0.2) is 0 Å². The van der Waals surface area contributed by atoms with E-state index in [2.05, 4.69) is 40.3 Å². The van der Waals surface area contributed by atoms with Crippen LogP contribution in [0.25, 0.3) is 0 Å². The Hall–Kier alpha value is -2.14. The monoisotopic (exact) mass is 378 g/mol. The van der Waals surface area contributed by atoms with Crippen LogP contribution in [-0.4, -0.2) is 51.2 Å². The maximum atomic E-state index is 12.8. The third kappa shape index (κ3) is 2.87. The molecule has 5 rings (SSSR count). The minimum atomic E-state index is 0.119. The van der Waals surface area contributed by atoms with Crippen LogP contribution in [0.1, 0.15) is 60.6 Å². The molecule has 3 heterocycles. The number of piperidine rings is 1. The van der Waals surface area contributed by atoms with Crippen molar-refractivity contribution in [1.82, 2.24) is 19.6 Å². The maximum absolute atomic E-state index is 12.8. The molecule has 2 aromatic rings. The molecule has 28 heavy (non-hydrogen) atoms. The summed E-state index contributed by atoms with van der Waals surface area (Å²) in [6.45, 7) is 2.94. The number of hydrogen-bond donors (Lipinski definition) is 0. The molecule has 1 amide bonds. The second-order valence-electron chi connectivity index (χ2n) is 8.92. The fraction of sp³-hybridized carbons (Fsp3) is 0.565. The van der Waals surface area contributed by atoms with Gasteiger partial charge in [-0.15, -0.1) is 0 Å². The first-order valence-electron chi connectivity index (χ1n) is 10.8. The zero-order valence-corrected chi connectivity index (χ0v) is 16.8. The molecule has 0 bridgehead atoms. The maximum Gasteiger partial charge on any atom is 0.272 e. The van der Waals surface area contributed by atoms with Crippen molar-refractivity contribution in [3.63, 3.8) is 0 Å². The zero-order chi connectivity index (χ0) is 19.1. The van der Waals surface area contributed by atoms with E-state index < -0.39 is 0 Å². The fourth-order valence-electron chi connectivity index (χ4n) is 5.96. The highest BCUT2D eigenvalue weighted by molar-refractivity contribution is 5.92. The second kappa shape index (κ2) is 7.03. The Morgan fingerprint density at radius 2 is 1.79 bits per heavy atom. The highest BCUT2D eigenvalue weighted by atomic mass is 16.2. The van der Waals surface area contributed by atoms with Crippen LogP contribution in [0.3, 0.4) is 0 Å². The zero-order valence-electron chi connectivity index (χ0n) is 16.8. The summed E-state index contributed by atoms with van der Waals surface area (Å²) >= 11 is 0. The van der Waals surface area contributed by atoms with Crippen molar-refractivity contribution in [3.8, 4) is 0 Å². The molecule has 5 nitrogen and oxygen atoms in total. The number of carbonyl (C=O) groups is 1. The number of nitrogens with zero attached hydrogens (tertiary/aromatic N) is 4. The fourth-order valence-corrected chi connectivity index (χ4v) is 5.96. The Morgan fingerprint density at radius 3 is 2.43 bits per heavy atom. The SMILES string of the molecule is Cn1nccc1C(=O)N1CCC(N2CC3(CCCC3)C2c2ccccc2)CC1. The van der Waals surface area contributed by atoms with Gasteiger partial charge in [0.15, 0.2) is 0 Å². The Morgan fingerprint density at radius 1 is 1.07 bits per heavy atom. The molecule has 2 saturated heterocycles. The van der Waals surface area contributed by atoms with E-state index >= 15 is 0 Å². The minimum absolute atomic E-state index is 0.119. The van der Waals surface area contributed by atoms with Gasteiger partial charge in [-0.1, -0.05) is 43.2 Å². The highest BCUT2D eigenvalue weighted by Gasteiger charge is 2.55. The van der Waals surface area contributed by atoms with Gasteiger partial charge >= 0.3 is 0 Å². The lowest BCUT2D eigenvalue weighted by Gasteiger charge is -2.60. The van der Waals surface area contributed by atoms with Gasteiger partial charge in [0.25, 0.3) is 5.91 Å². The molecular weight excluding hydrogens is 348 g/mol. The number of hydrogen-bond acceptors (Lipinski definition) is 3. The summed E-state index contributed by atoms with van der Waals surface area (Å²) in [5.74, 6) is 0.119. The first kappa shape index (κ1) is 17.9. The Kier molecular flexibility index (Phi) is 4.50. The standard InChI is InChI=1S/C23H30N4O/c1-25-20(9-14-24-25)22(28)26-15-10-19(11-16-26)27-17-23(12-5-6-13-23)21(27)18-7-3-2-4-8-18/h2-4,7-9,14,19,21H,5-6,10-13,15-17H2,1H3. The summed E-state index contributed by atoms with van der Waals surface area (Å²) < 4.78 is 1.68. The summed E-state index contributed by atoms with van der Waals surface area (Å²) in [4.78, 5) is 17.5. The molecule has 1 aromatic heterocycles. The van der Waals surface area contributed by atoms with Gasteiger partial charge in [-0.2, -0.15) is 5.10 Å². The van der Waals surface area contributed by atoms with Gasteiger partial charge in [-0.05, 0) is 37.3 Å². The number of amides is 1. The molecule has 1 aromatic carbocycles. The van der Waals surface area contributed by atoms with Crippen molar-refractivity contribution < 1.29 is 4.79 Å². The van der Waals surface area contributed by atoms with Crippen LogP contribution in [0.2, 0.25) is 0 Å². The van der Waals surface area contributed by atoms with Gasteiger partial charge in [0, 0.05) is 50.4 Å². The summed E-state index contributed by atoms with van der Waals surface area (Å²) in [6.07, 6.45) is 9.36. The molecule has 5 heteroatoms. The van der Waals surface area contributed by atoms with Crippen LogP contribution >= 0.6 is 0 Å². The second-order valence-corrected chi connectivity index (χ2v) is 8.92. The molecule has 3 aliphatic rings. The molecule has 1 aliphatic carbocycles. The Bertz CT molecular complexity index is 831. The normalized spacial score (nSPS) is 25.2. The van der Waals surface area contributed by atoms with Crippen molar-refractivity contribution in [2.75, 3.05) is 19.6 Å². The van der Waals surface area contributed by atoms with Gasteiger partial charge in [-0.3, -0.25) is 14.4 Å². The molecule has 1 saturated carbocycles. The smallest absolute Gasteiger partial charge is 0.272 e. The van der Waals surface area contributed by atoms with Crippen LogP contribution in [0.5, 0.6) is 0 Å². The molecular formula is C23H30N4O. The van der Waals surface area contributed by atoms with Crippen LogP contribution in [0.15, 0.2) is 42.6 Å². The summed E-state index contributed by atoms with van der Waals surface area (Å²) in [7, 11) is 1.84. The van der Waals surface area contributed by atoms with E-state index in [0.717, 1.165) is 25.9 Å². The molecule has 1 atom stereocenters. The Balaban J connectivity index is 1.28. The van der Waals surface area contributed by atoms with Crippen molar-refractivity contribution in [2.45, 2.75) is 50.6 Å². The van der Waals surface area contributed by atoms with Crippen molar-refractivity contribution in [3.05, 3.63) is 53.9 Å². The van der Waals surface area contributed by atoms with Gasteiger partial charge in [0.1, 0.15) is 5.69 Å². The summed E-state index contributed by atoms with van der Waals surface area (Å²) in [6, 6.07) is 14.1. The first-order valence-corrected chi connectivity index (χ1v) is 10.8. The summed E-state index contributed by atoms with van der Waals surface area (Å²) in [5, 5.41) is 4.14. The number of aromatic nitrogens is 2. The van der Waals surface area contributed by atoms with Gasteiger partial charge in [0.05, 0.1) is 0 Å². The first-order chi connectivity index (χ1) is 13.7. The lowest BCUT2D eigenvalue weighted by Crippen LogP contribution is -2.62. The highest BCUT2D eigenvalue weighted by Crippen LogP contribution is 2.59. The average Bonchev–Trinajstić information content (AvgIpc) is 3.37. The number of benzene rings is 1. The Labute approximate surface area is 167 Å². The quantitative estimate of drug-likeness (QED) is 0.819. The molecule has 3 fully saturated rings. The predicted octanol–water partition coefficient (Wildman–Crippen LogP) is 3.64. The topological polar surface area (TPSA) is 41.4 Å². The predicted molar refractivity (Wildman–Crippen MR) is 109 cm³/mol. The number of aryl methyl sites for hydroxylation is 1. The molecule has 1 unspecified atom stereocenters. The van der Waals surface area contributed by atoms with Crippen LogP contribution < -0.4 is 0 Å². The summed E-state index contributed by atoms with van der Waals surface area (Å²) in [5.41, 5.74) is 2.68. The van der Waals surface area contributed by atoms with E-state index in [1.54, 1.807) is 10.9 Å². The number of likely N-dealkylation sites (tertiary alicyclic amines) is 2. The third-order valence-electron chi connectivity index (χ3n) is 7.38. The third-order valence-corrected chi connectivity index (χ3v) is 7.38. The lowest BCUT2D eigenvalue weighted by atomic mass is 9.66. The van der Waals surface area contributed by atoms with E-state index in [1.807, 2.05) is 18.0 Å². The average molecular weight is 379 g/mol. The molecule has 1 spiro atoms. The van der Waals surface area contributed by atoms with E-state index in [-0.39, 0.29) is 5.91 Å². The molecule has 148 valence electrons. The van der Waals surface area contributed by atoms with Crippen LogP contribution in [0.4, 0.5) is 0 Å².